The summed E-state index contributed by atoms with van der Waals surface area (Å²) in [5.74, 6) is 2.62. The number of hydrogen-bond acceptors (Lipinski definition) is 3. The van der Waals surface area contributed by atoms with Gasteiger partial charge in [0.05, 0.1) is 0 Å². The Bertz CT molecular complexity index is 427. The number of nitrogens with zero attached hydrogens (tertiary/aromatic N) is 1. The molecule has 104 valence electrons. The Morgan fingerprint density at radius 2 is 2.16 bits per heavy atom. The predicted molar refractivity (Wildman–Crippen MR) is 84.0 cm³/mol. The van der Waals surface area contributed by atoms with Gasteiger partial charge in [-0.2, -0.15) is 11.8 Å². The van der Waals surface area contributed by atoms with Crippen LogP contribution in [0.4, 0.5) is 0 Å². The van der Waals surface area contributed by atoms with Crippen LogP contribution in [0.3, 0.4) is 0 Å². The average molecular weight is 276 g/mol. The van der Waals surface area contributed by atoms with Crippen LogP contribution < -0.4 is 5.32 Å². The quantitative estimate of drug-likeness (QED) is 0.910. The number of thioether (sulfide) groups is 1. The second-order valence-electron chi connectivity index (χ2n) is 5.70. The SMILES string of the molecule is Cc1ccc2c(c1)C(NCCN1CCSCC1)CC2. The number of nitrogens with one attached hydrogen (secondary N) is 1. The molecule has 1 aromatic carbocycles. The predicted octanol–water partition coefficient (Wildman–Crippen LogP) is 2.62. The highest BCUT2D eigenvalue weighted by Crippen LogP contribution is 2.31. The molecule has 19 heavy (non-hydrogen) atoms. The van der Waals surface area contributed by atoms with Gasteiger partial charge in [0, 0.05) is 43.7 Å². The minimum Gasteiger partial charge on any atom is -0.309 e. The lowest BCUT2D eigenvalue weighted by Crippen LogP contribution is -2.38. The monoisotopic (exact) mass is 276 g/mol. The molecule has 2 nitrogen and oxygen atoms in total. The summed E-state index contributed by atoms with van der Waals surface area (Å²) in [5, 5.41) is 3.76. The summed E-state index contributed by atoms with van der Waals surface area (Å²) in [4.78, 5) is 2.59. The molecule has 3 rings (SSSR count). The zero-order valence-electron chi connectivity index (χ0n) is 11.8. The van der Waals surface area contributed by atoms with Gasteiger partial charge in [-0.15, -0.1) is 0 Å². The topological polar surface area (TPSA) is 15.3 Å². The van der Waals surface area contributed by atoms with E-state index in [-0.39, 0.29) is 0 Å². The standard InChI is InChI=1S/C16H24N2S/c1-13-2-3-14-4-5-16(15(14)12-13)17-6-7-18-8-10-19-11-9-18/h2-3,12,16-17H,4-11H2,1H3. The first kappa shape index (κ1) is 13.5. The van der Waals surface area contributed by atoms with E-state index in [1.54, 1.807) is 11.1 Å². The van der Waals surface area contributed by atoms with Crippen molar-refractivity contribution in [3.63, 3.8) is 0 Å². The summed E-state index contributed by atoms with van der Waals surface area (Å²) in [6, 6.07) is 7.52. The number of benzene rings is 1. The summed E-state index contributed by atoms with van der Waals surface area (Å²) in [6.07, 6.45) is 2.52. The molecule has 0 spiro atoms. The van der Waals surface area contributed by atoms with E-state index >= 15 is 0 Å². The van der Waals surface area contributed by atoms with Crippen molar-refractivity contribution in [3.8, 4) is 0 Å². The lowest BCUT2D eigenvalue weighted by molar-refractivity contribution is 0.295. The molecule has 0 radical (unpaired) electrons. The minimum atomic E-state index is 0.592. The summed E-state index contributed by atoms with van der Waals surface area (Å²) in [6.45, 7) is 7.07. The largest absolute Gasteiger partial charge is 0.309 e. The van der Waals surface area contributed by atoms with Crippen LogP contribution in [-0.4, -0.2) is 42.6 Å². The Morgan fingerprint density at radius 3 is 3.00 bits per heavy atom. The Labute approximate surface area is 121 Å². The summed E-state index contributed by atoms with van der Waals surface area (Å²) >= 11 is 2.09. The van der Waals surface area contributed by atoms with E-state index in [1.165, 1.54) is 49.5 Å². The van der Waals surface area contributed by atoms with Gasteiger partial charge in [-0.05, 0) is 30.9 Å². The normalized spacial score (nSPS) is 23.5. The number of hydrogen-bond donors (Lipinski definition) is 1. The van der Waals surface area contributed by atoms with Gasteiger partial charge >= 0.3 is 0 Å². The molecule has 1 aliphatic heterocycles. The maximum atomic E-state index is 3.76. The Kier molecular flexibility index (Phi) is 4.46. The first-order valence-electron chi connectivity index (χ1n) is 7.46. The molecule has 0 amide bonds. The van der Waals surface area contributed by atoms with Crippen LogP contribution in [0, 0.1) is 6.92 Å². The van der Waals surface area contributed by atoms with Crippen molar-refractivity contribution < 1.29 is 0 Å². The Hall–Kier alpha value is -0.510. The second-order valence-corrected chi connectivity index (χ2v) is 6.93. The summed E-state index contributed by atoms with van der Waals surface area (Å²) in [7, 11) is 0. The van der Waals surface area contributed by atoms with Crippen molar-refractivity contribution in [1.82, 2.24) is 10.2 Å². The van der Waals surface area contributed by atoms with Crippen LogP contribution >= 0.6 is 11.8 Å². The second kappa shape index (κ2) is 6.29. The molecule has 1 aromatic rings. The lowest BCUT2D eigenvalue weighted by atomic mass is 10.1. The van der Waals surface area contributed by atoms with Crippen LogP contribution in [-0.2, 0) is 6.42 Å². The highest BCUT2D eigenvalue weighted by molar-refractivity contribution is 7.99. The number of rotatable bonds is 4. The average Bonchev–Trinajstić information content (AvgIpc) is 2.83. The third-order valence-electron chi connectivity index (χ3n) is 4.30. The maximum Gasteiger partial charge on any atom is 0.0326 e. The molecule has 1 saturated heterocycles. The Morgan fingerprint density at radius 1 is 1.32 bits per heavy atom. The zero-order valence-corrected chi connectivity index (χ0v) is 12.6. The molecule has 3 heteroatoms. The van der Waals surface area contributed by atoms with Gasteiger partial charge in [-0.25, -0.2) is 0 Å². The molecular weight excluding hydrogens is 252 g/mol. The van der Waals surface area contributed by atoms with E-state index in [1.807, 2.05) is 0 Å². The molecule has 1 atom stereocenters. The van der Waals surface area contributed by atoms with Crippen molar-refractivity contribution in [2.45, 2.75) is 25.8 Å². The number of aryl methyl sites for hydroxylation is 2. The molecule has 1 heterocycles. The highest BCUT2D eigenvalue weighted by atomic mass is 32.2. The van der Waals surface area contributed by atoms with E-state index in [9.17, 15) is 0 Å². The fourth-order valence-corrected chi connectivity index (χ4v) is 4.13. The highest BCUT2D eigenvalue weighted by Gasteiger charge is 2.21. The van der Waals surface area contributed by atoms with Crippen LogP contribution in [0.5, 0.6) is 0 Å². The third kappa shape index (κ3) is 3.33. The van der Waals surface area contributed by atoms with E-state index < -0.39 is 0 Å². The first-order chi connectivity index (χ1) is 9.33. The maximum absolute atomic E-state index is 3.76. The van der Waals surface area contributed by atoms with Crippen LogP contribution in [0.1, 0.15) is 29.2 Å². The molecule has 0 bridgehead atoms. The molecule has 0 aromatic heterocycles. The van der Waals surface area contributed by atoms with Crippen LogP contribution in [0.25, 0.3) is 0 Å². The van der Waals surface area contributed by atoms with Gasteiger partial charge in [0.25, 0.3) is 0 Å². The molecule has 2 aliphatic rings. The molecule has 0 saturated carbocycles. The Balaban J connectivity index is 1.50. The van der Waals surface area contributed by atoms with Crippen molar-refractivity contribution in [2.75, 3.05) is 37.7 Å². The van der Waals surface area contributed by atoms with Crippen molar-refractivity contribution in [2.24, 2.45) is 0 Å². The number of fused-ring (bicyclic) bond motifs is 1. The summed E-state index contributed by atoms with van der Waals surface area (Å²) in [5.41, 5.74) is 4.49. The van der Waals surface area contributed by atoms with Gasteiger partial charge in [0.15, 0.2) is 0 Å². The minimum absolute atomic E-state index is 0.592. The van der Waals surface area contributed by atoms with E-state index in [0.717, 1.165) is 6.54 Å². The molecule has 1 fully saturated rings. The van der Waals surface area contributed by atoms with Crippen molar-refractivity contribution in [3.05, 3.63) is 34.9 Å². The van der Waals surface area contributed by atoms with Gasteiger partial charge in [-0.1, -0.05) is 23.8 Å². The van der Waals surface area contributed by atoms with Crippen LogP contribution in [0.2, 0.25) is 0 Å². The van der Waals surface area contributed by atoms with Crippen molar-refractivity contribution in [1.29, 1.82) is 0 Å². The van der Waals surface area contributed by atoms with E-state index in [2.05, 4.69) is 47.1 Å². The van der Waals surface area contributed by atoms with Gasteiger partial charge in [-0.3, -0.25) is 0 Å². The summed E-state index contributed by atoms with van der Waals surface area (Å²) < 4.78 is 0. The fraction of sp³-hybridized carbons (Fsp3) is 0.625. The third-order valence-corrected chi connectivity index (χ3v) is 5.24. The molecule has 1 unspecified atom stereocenters. The molecule has 1 N–H and O–H groups in total. The van der Waals surface area contributed by atoms with E-state index in [4.69, 9.17) is 0 Å². The molecular formula is C16H24N2S. The zero-order chi connectivity index (χ0) is 13.1. The fourth-order valence-electron chi connectivity index (χ4n) is 3.16. The smallest absolute Gasteiger partial charge is 0.0326 e. The van der Waals surface area contributed by atoms with E-state index in [0.29, 0.717) is 6.04 Å². The first-order valence-corrected chi connectivity index (χ1v) is 8.61. The lowest BCUT2D eigenvalue weighted by Gasteiger charge is -2.27. The van der Waals surface area contributed by atoms with Gasteiger partial charge < -0.3 is 10.2 Å². The van der Waals surface area contributed by atoms with Gasteiger partial charge in [0.2, 0.25) is 0 Å². The van der Waals surface area contributed by atoms with Crippen LogP contribution in [0.15, 0.2) is 18.2 Å². The molecule has 1 aliphatic carbocycles. The van der Waals surface area contributed by atoms with Gasteiger partial charge in [0.1, 0.15) is 0 Å². The van der Waals surface area contributed by atoms with Crippen molar-refractivity contribution >= 4 is 11.8 Å².